The van der Waals surface area contributed by atoms with Crippen LogP contribution in [0.15, 0.2) is 0 Å². The molecule has 1 atom stereocenters. The van der Waals surface area contributed by atoms with E-state index in [9.17, 15) is 4.79 Å². The lowest BCUT2D eigenvalue weighted by Crippen LogP contribution is -2.50. The van der Waals surface area contributed by atoms with Crippen LogP contribution in [0.3, 0.4) is 0 Å². The third-order valence-electron chi connectivity index (χ3n) is 4.33. The van der Waals surface area contributed by atoms with E-state index >= 15 is 0 Å². The molecular weight excluding hydrogens is 226 g/mol. The second-order valence-corrected chi connectivity index (χ2v) is 5.91. The van der Waals surface area contributed by atoms with Gasteiger partial charge in [0.2, 0.25) is 5.91 Å². The van der Waals surface area contributed by atoms with E-state index in [-0.39, 0.29) is 0 Å². The predicted octanol–water partition coefficient (Wildman–Crippen LogP) is 0.929. The lowest BCUT2D eigenvalue weighted by molar-refractivity contribution is -0.133. The highest BCUT2D eigenvalue weighted by molar-refractivity contribution is 5.76. The molecule has 2 saturated heterocycles. The van der Waals surface area contributed by atoms with Crippen molar-refractivity contribution in [1.29, 1.82) is 0 Å². The van der Waals surface area contributed by atoms with Crippen LogP contribution >= 0.6 is 0 Å². The van der Waals surface area contributed by atoms with Gasteiger partial charge in [-0.25, -0.2) is 0 Å². The van der Waals surface area contributed by atoms with Gasteiger partial charge in [0.1, 0.15) is 0 Å². The van der Waals surface area contributed by atoms with Crippen LogP contribution in [-0.4, -0.2) is 61.0 Å². The van der Waals surface area contributed by atoms with E-state index in [4.69, 9.17) is 0 Å². The quantitative estimate of drug-likeness (QED) is 0.809. The maximum absolute atomic E-state index is 12.1. The predicted molar refractivity (Wildman–Crippen MR) is 73.5 cm³/mol. The summed E-state index contributed by atoms with van der Waals surface area (Å²) in [7, 11) is 0. The first-order chi connectivity index (χ1) is 8.66. The van der Waals surface area contributed by atoms with Gasteiger partial charge in [0.25, 0.3) is 0 Å². The number of hydrogen-bond acceptors (Lipinski definition) is 3. The normalized spacial score (nSPS) is 25.9. The average Bonchev–Trinajstić information content (AvgIpc) is 2.89. The van der Waals surface area contributed by atoms with Crippen molar-refractivity contribution in [2.75, 3.05) is 39.3 Å². The Kier molecular flexibility index (Phi) is 5.01. The monoisotopic (exact) mass is 253 g/mol. The second-order valence-electron chi connectivity index (χ2n) is 5.91. The standard InChI is InChI=1S/C14H27N3O/c1-12(2)16-7-9-17(10-8-16)14(18)4-3-13-5-6-15-11-13/h12-13,15H,3-11H2,1-2H3. The summed E-state index contributed by atoms with van der Waals surface area (Å²) in [6, 6.07) is 0.604. The van der Waals surface area contributed by atoms with Crippen molar-refractivity contribution in [3.05, 3.63) is 0 Å². The fraction of sp³-hybridized carbons (Fsp3) is 0.929. The number of rotatable bonds is 4. The van der Waals surface area contributed by atoms with Crippen molar-refractivity contribution in [3.63, 3.8) is 0 Å². The molecule has 0 spiro atoms. The molecule has 1 amide bonds. The molecule has 0 aromatic rings. The minimum Gasteiger partial charge on any atom is -0.340 e. The molecule has 4 nitrogen and oxygen atoms in total. The Morgan fingerprint density at radius 2 is 2.00 bits per heavy atom. The molecular formula is C14H27N3O. The molecule has 0 aromatic carbocycles. The molecule has 18 heavy (non-hydrogen) atoms. The van der Waals surface area contributed by atoms with Crippen LogP contribution in [0.2, 0.25) is 0 Å². The van der Waals surface area contributed by atoms with E-state index in [0.29, 0.717) is 11.9 Å². The lowest BCUT2D eigenvalue weighted by atomic mass is 10.0. The van der Waals surface area contributed by atoms with Crippen LogP contribution in [0.5, 0.6) is 0 Å². The van der Waals surface area contributed by atoms with E-state index in [2.05, 4.69) is 29.0 Å². The van der Waals surface area contributed by atoms with Crippen molar-refractivity contribution in [2.24, 2.45) is 5.92 Å². The number of carbonyl (C=O) groups is 1. The number of carbonyl (C=O) groups excluding carboxylic acids is 1. The number of piperazine rings is 1. The number of amides is 1. The van der Waals surface area contributed by atoms with Gasteiger partial charge in [-0.05, 0) is 45.7 Å². The van der Waals surface area contributed by atoms with Gasteiger partial charge in [-0.1, -0.05) is 0 Å². The van der Waals surface area contributed by atoms with Crippen LogP contribution in [-0.2, 0) is 4.79 Å². The molecule has 0 aromatic heterocycles. The van der Waals surface area contributed by atoms with E-state index in [0.717, 1.165) is 58.0 Å². The summed E-state index contributed by atoms with van der Waals surface area (Å²) >= 11 is 0. The van der Waals surface area contributed by atoms with E-state index in [1.54, 1.807) is 0 Å². The highest BCUT2D eigenvalue weighted by atomic mass is 16.2. The topological polar surface area (TPSA) is 35.6 Å². The first kappa shape index (κ1) is 13.8. The van der Waals surface area contributed by atoms with Crippen LogP contribution in [0.4, 0.5) is 0 Å². The van der Waals surface area contributed by atoms with E-state index in [1.807, 2.05) is 0 Å². The Balaban J connectivity index is 1.67. The average molecular weight is 253 g/mol. The summed E-state index contributed by atoms with van der Waals surface area (Å²) < 4.78 is 0. The van der Waals surface area contributed by atoms with Gasteiger partial charge in [-0.15, -0.1) is 0 Å². The third-order valence-corrected chi connectivity index (χ3v) is 4.33. The molecule has 4 heteroatoms. The highest BCUT2D eigenvalue weighted by Crippen LogP contribution is 2.16. The largest absolute Gasteiger partial charge is 0.340 e. The van der Waals surface area contributed by atoms with Gasteiger partial charge >= 0.3 is 0 Å². The number of nitrogens with zero attached hydrogens (tertiary/aromatic N) is 2. The fourth-order valence-electron chi connectivity index (χ4n) is 2.93. The number of nitrogens with one attached hydrogen (secondary N) is 1. The van der Waals surface area contributed by atoms with Gasteiger partial charge in [-0.2, -0.15) is 0 Å². The van der Waals surface area contributed by atoms with E-state index < -0.39 is 0 Å². The van der Waals surface area contributed by atoms with Gasteiger partial charge in [-0.3, -0.25) is 9.69 Å². The van der Waals surface area contributed by atoms with Crippen molar-refractivity contribution >= 4 is 5.91 Å². The third kappa shape index (κ3) is 3.69. The molecule has 104 valence electrons. The smallest absolute Gasteiger partial charge is 0.222 e. The van der Waals surface area contributed by atoms with Crippen LogP contribution < -0.4 is 5.32 Å². The van der Waals surface area contributed by atoms with Crippen molar-refractivity contribution < 1.29 is 4.79 Å². The van der Waals surface area contributed by atoms with Gasteiger partial charge in [0, 0.05) is 38.6 Å². The SMILES string of the molecule is CC(C)N1CCN(C(=O)CCC2CCNC2)CC1. The van der Waals surface area contributed by atoms with Crippen molar-refractivity contribution in [1.82, 2.24) is 15.1 Å². The Hall–Kier alpha value is -0.610. The zero-order valence-corrected chi connectivity index (χ0v) is 11.8. The van der Waals surface area contributed by atoms with Crippen molar-refractivity contribution in [3.8, 4) is 0 Å². The highest BCUT2D eigenvalue weighted by Gasteiger charge is 2.23. The van der Waals surface area contributed by atoms with Crippen LogP contribution in [0, 0.1) is 5.92 Å². The molecule has 0 radical (unpaired) electrons. The minimum absolute atomic E-state index is 0.366. The van der Waals surface area contributed by atoms with E-state index in [1.165, 1.54) is 6.42 Å². The molecule has 2 rings (SSSR count). The van der Waals surface area contributed by atoms with Crippen LogP contribution in [0.25, 0.3) is 0 Å². The zero-order valence-electron chi connectivity index (χ0n) is 11.8. The first-order valence-corrected chi connectivity index (χ1v) is 7.39. The Bertz CT molecular complexity index is 266. The summed E-state index contributed by atoms with van der Waals surface area (Å²) in [5.41, 5.74) is 0. The maximum Gasteiger partial charge on any atom is 0.222 e. The summed E-state index contributed by atoms with van der Waals surface area (Å²) in [5.74, 6) is 1.09. The van der Waals surface area contributed by atoms with Crippen LogP contribution in [0.1, 0.15) is 33.1 Å². The summed E-state index contributed by atoms with van der Waals surface area (Å²) in [4.78, 5) is 16.6. The molecule has 0 saturated carbocycles. The Morgan fingerprint density at radius 3 is 2.56 bits per heavy atom. The molecule has 2 heterocycles. The Morgan fingerprint density at radius 1 is 1.28 bits per heavy atom. The van der Waals surface area contributed by atoms with Gasteiger partial charge in [0.05, 0.1) is 0 Å². The summed E-state index contributed by atoms with van der Waals surface area (Å²) in [6.45, 7) is 10.6. The van der Waals surface area contributed by atoms with Gasteiger partial charge < -0.3 is 10.2 Å². The first-order valence-electron chi connectivity index (χ1n) is 7.39. The molecule has 2 aliphatic rings. The Labute approximate surface area is 111 Å². The second kappa shape index (κ2) is 6.53. The lowest BCUT2D eigenvalue weighted by Gasteiger charge is -2.37. The molecule has 1 N–H and O–H groups in total. The molecule has 0 bridgehead atoms. The summed E-state index contributed by atoms with van der Waals surface area (Å²) in [6.07, 6.45) is 3.05. The van der Waals surface area contributed by atoms with Crippen molar-refractivity contribution in [2.45, 2.75) is 39.2 Å². The molecule has 0 aliphatic carbocycles. The molecule has 2 aliphatic heterocycles. The number of hydrogen-bond donors (Lipinski definition) is 1. The molecule has 2 fully saturated rings. The molecule has 1 unspecified atom stereocenters. The fourth-order valence-corrected chi connectivity index (χ4v) is 2.93. The van der Waals surface area contributed by atoms with Gasteiger partial charge in [0.15, 0.2) is 0 Å². The minimum atomic E-state index is 0.366. The zero-order chi connectivity index (χ0) is 13.0. The summed E-state index contributed by atoms with van der Waals surface area (Å²) in [5, 5.41) is 3.36. The maximum atomic E-state index is 12.1.